The van der Waals surface area contributed by atoms with Crippen molar-refractivity contribution in [1.82, 2.24) is 19.5 Å². The first-order chi connectivity index (χ1) is 18.7. The van der Waals surface area contributed by atoms with Crippen LogP contribution < -0.4 is 9.46 Å². The summed E-state index contributed by atoms with van der Waals surface area (Å²) < 4.78 is 50.3. The Balaban J connectivity index is 1.37. The molecule has 204 valence electrons. The molecule has 0 atom stereocenters. The van der Waals surface area contributed by atoms with Crippen LogP contribution in [0.2, 0.25) is 0 Å². The number of aliphatic hydroxyl groups excluding tert-OH is 1. The Bertz CT molecular complexity index is 1620. The predicted molar refractivity (Wildman–Crippen MR) is 139 cm³/mol. The molecule has 3 heterocycles. The van der Waals surface area contributed by atoms with Gasteiger partial charge in [0.1, 0.15) is 12.4 Å². The van der Waals surface area contributed by atoms with E-state index >= 15 is 0 Å². The van der Waals surface area contributed by atoms with E-state index in [0.717, 1.165) is 44.1 Å². The molecule has 1 aliphatic rings. The Kier molecular flexibility index (Phi) is 7.41. The molecule has 0 aliphatic carbocycles. The van der Waals surface area contributed by atoms with Gasteiger partial charge in [-0.1, -0.05) is 12.1 Å². The number of likely N-dealkylation sites (tertiary alicyclic amines) is 1. The van der Waals surface area contributed by atoms with Crippen LogP contribution in [0.5, 0.6) is 5.88 Å². The quantitative estimate of drug-likeness (QED) is 0.234. The molecule has 0 amide bonds. The third-order valence-electron chi connectivity index (χ3n) is 6.42. The van der Waals surface area contributed by atoms with E-state index in [-0.39, 0.29) is 17.4 Å². The lowest BCUT2D eigenvalue weighted by Crippen LogP contribution is -2.38. The van der Waals surface area contributed by atoms with E-state index in [4.69, 9.17) is 4.74 Å². The second-order valence-corrected chi connectivity index (χ2v) is 10.7. The van der Waals surface area contributed by atoms with Crippen molar-refractivity contribution in [3.63, 3.8) is 0 Å². The van der Waals surface area contributed by atoms with Crippen molar-refractivity contribution in [2.75, 3.05) is 31.0 Å². The maximum atomic E-state index is 14.9. The number of hydrogen-bond acceptors (Lipinski definition) is 9. The number of nitrogens with zero attached hydrogens (tertiary/aromatic N) is 5. The van der Waals surface area contributed by atoms with E-state index in [1.807, 2.05) is 0 Å². The fourth-order valence-electron chi connectivity index (χ4n) is 4.39. The Morgan fingerprint density at radius 1 is 1.15 bits per heavy atom. The van der Waals surface area contributed by atoms with Crippen LogP contribution >= 0.6 is 0 Å². The second kappa shape index (κ2) is 10.9. The average Bonchev–Trinajstić information content (AvgIpc) is 3.34. The van der Waals surface area contributed by atoms with Gasteiger partial charge >= 0.3 is 0 Å². The van der Waals surface area contributed by atoms with Gasteiger partial charge in [0, 0.05) is 54.8 Å². The maximum Gasteiger partial charge on any atom is 0.289 e. The monoisotopic (exact) mass is 556 g/mol. The first kappa shape index (κ1) is 26.5. The number of para-hydroxylation sites is 1. The largest absolute Gasteiger partial charge is 0.476 e. The van der Waals surface area contributed by atoms with Gasteiger partial charge in [0.2, 0.25) is 5.88 Å². The number of sulfonamides is 1. The van der Waals surface area contributed by atoms with E-state index in [1.54, 1.807) is 12.3 Å². The van der Waals surface area contributed by atoms with Gasteiger partial charge in [0.25, 0.3) is 15.7 Å². The number of hydrogen-bond donors (Lipinski definition) is 2. The smallest absolute Gasteiger partial charge is 0.289 e. The minimum absolute atomic E-state index is 0.00274. The Labute approximate surface area is 222 Å². The van der Waals surface area contributed by atoms with Gasteiger partial charge in [-0.05, 0) is 37.1 Å². The lowest BCUT2D eigenvalue weighted by atomic mass is 10.1. The molecule has 1 fully saturated rings. The first-order valence-electron chi connectivity index (χ1n) is 12.1. The third-order valence-corrected chi connectivity index (χ3v) is 7.85. The molecule has 2 aromatic heterocycles. The Hall–Kier alpha value is -4.14. The van der Waals surface area contributed by atoms with E-state index in [1.165, 1.54) is 35.0 Å². The van der Waals surface area contributed by atoms with Crippen molar-refractivity contribution in [2.24, 2.45) is 0 Å². The molecule has 1 saturated heterocycles. The standard InChI is InChI=1S/C25H25FN6O6S/c26-21-6-5-17(29-39(36,37)23-4-2-1-3-22(23)32(34)35)15-19(21)20-16-27-31-12-9-24(28-25(20)31)38-14-13-30-10-7-18(33)8-11-30/h1-6,9,12,15-16,18,29,33H,7-8,10-11,13-14H2. The van der Waals surface area contributed by atoms with Gasteiger partial charge < -0.3 is 9.84 Å². The van der Waals surface area contributed by atoms with Gasteiger partial charge in [-0.2, -0.15) is 10.1 Å². The molecule has 0 spiro atoms. The maximum absolute atomic E-state index is 14.9. The zero-order chi connectivity index (χ0) is 27.6. The average molecular weight is 557 g/mol. The third kappa shape index (κ3) is 5.82. The number of nitro benzene ring substituents is 1. The lowest BCUT2D eigenvalue weighted by Gasteiger charge is -2.29. The normalized spacial score (nSPS) is 14.9. The molecule has 2 N–H and O–H groups in total. The zero-order valence-corrected chi connectivity index (χ0v) is 21.4. The van der Waals surface area contributed by atoms with Crippen molar-refractivity contribution in [3.05, 3.63) is 76.9 Å². The van der Waals surface area contributed by atoms with Crippen molar-refractivity contribution < 1.29 is 27.6 Å². The molecule has 0 radical (unpaired) electrons. The Morgan fingerprint density at radius 2 is 1.92 bits per heavy atom. The van der Waals surface area contributed by atoms with Crippen molar-refractivity contribution in [3.8, 4) is 17.0 Å². The van der Waals surface area contributed by atoms with Crippen LogP contribution in [0.25, 0.3) is 16.8 Å². The fraction of sp³-hybridized carbons (Fsp3) is 0.280. The molecule has 1 aliphatic heterocycles. The molecule has 4 aromatic rings. The van der Waals surface area contributed by atoms with Crippen molar-refractivity contribution >= 4 is 27.0 Å². The Morgan fingerprint density at radius 3 is 2.69 bits per heavy atom. The lowest BCUT2D eigenvalue weighted by molar-refractivity contribution is -0.387. The second-order valence-electron chi connectivity index (χ2n) is 9.04. The molecule has 0 saturated carbocycles. The number of nitrogens with one attached hydrogen (secondary N) is 1. The van der Waals surface area contributed by atoms with Crippen LogP contribution in [0, 0.1) is 15.9 Å². The molecule has 39 heavy (non-hydrogen) atoms. The number of anilines is 1. The summed E-state index contributed by atoms with van der Waals surface area (Å²) in [6.07, 6.45) is 4.23. The number of fused-ring (bicyclic) bond motifs is 1. The van der Waals surface area contributed by atoms with E-state index in [0.29, 0.717) is 30.2 Å². The number of aliphatic hydroxyl groups is 1. The molecule has 5 rings (SSSR count). The summed E-state index contributed by atoms with van der Waals surface area (Å²) in [4.78, 5) is 16.7. The fourth-order valence-corrected chi connectivity index (χ4v) is 5.61. The first-order valence-corrected chi connectivity index (χ1v) is 13.6. The van der Waals surface area contributed by atoms with Crippen LogP contribution in [0.15, 0.2) is 65.8 Å². The van der Waals surface area contributed by atoms with Gasteiger partial charge in [-0.15, -0.1) is 0 Å². The number of aromatic nitrogens is 3. The topological polar surface area (TPSA) is 152 Å². The van der Waals surface area contributed by atoms with Crippen LogP contribution in [0.3, 0.4) is 0 Å². The molecule has 12 nitrogen and oxygen atoms in total. The molecular formula is C25H25FN6O6S. The molecular weight excluding hydrogens is 531 g/mol. The van der Waals surface area contributed by atoms with E-state index in [9.17, 15) is 28.0 Å². The molecule has 2 aromatic carbocycles. The highest BCUT2D eigenvalue weighted by molar-refractivity contribution is 7.92. The van der Waals surface area contributed by atoms with E-state index < -0.39 is 31.3 Å². The van der Waals surface area contributed by atoms with Crippen LogP contribution in [0.4, 0.5) is 15.8 Å². The summed E-state index contributed by atoms with van der Waals surface area (Å²) in [5, 5.41) is 25.2. The van der Waals surface area contributed by atoms with Gasteiger partial charge in [0.15, 0.2) is 10.5 Å². The van der Waals surface area contributed by atoms with Gasteiger partial charge in [-0.25, -0.2) is 17.3 Å². The summed E-state index contributed by atoms with van der Waals surface area (Å²) in [5.41, 5.74) is 0.0534. The SMILES string of the molecule is O=[N+]([O-])c1ccccc1S(=O)(=O)Nc1ccc(F)c(-c2cnn3ccc(OCCN4CCC(O)CC4)nc23)c1. The van der Waals surface area contributed by atoms with Gasteiger partial charge in [0.05, 0.1) is 17.2 Å². The van der Waals surface area contributed by atoms with Crippen molar-refractivity contribution in [1.29, 1.82) is 0 Å². The minimum Gasteiger partial charge on any atom is -0.476 e. The number of halogens is 1. The highest BCUT2D eigenvalue weighted by Gasteiger charge is 2.26. The summed E-state index contributed by atoms with van der Waals surface area (Å²) >= 11 is 0. The summed E-state index contributed by atoms with van der Waals surface area (Å²) in [6.45, 7) is 2.63. The molecule has 0 bridgehead atoms. The van der Waals surface area contributed by atoms with Gasteiger partial charge in [-0.3, -0.25) is 19.7 Å². The number of nitro groups is 1. The summed E-state index contributed by atoms with van der Waals surface area (Å²) in [7, 11) is -4.35. The van der Waals surface area contributed by atoms with Crippen LogP contribution in [-0.4, -0.2) is 70.3 Å². The summed E-state index contributed by atoms with van der Waals surface area (Å²) in [5.74, 6) is -0.325. The minimum atomic E-state index is -4.35. The number of rotatable bonds is 9. The van der Waals surface area contributed by atoms with E-state index in [2.05, 4.69) is 19.7 Å². The number of ether oxygens (including phenoxy) is 1. The highest BCUT2D eigenvalue weighted by Crippen LogP contribution is 2.31. The summed E-state index contributed by atoms with van der Waals surface area (Å²) in [6, 6.07) is 10.2. The van der Waals surface area contributed by atoms with Crippen LogP contribution in [0.1, 0.15) is 12.8 Å². The molecule has 0 unspecified atom stereocenters. The predicted octanol–water partition coefficient (Wildman–Crippen LogP) is 3.08. The number of benzene rings is 2. The number of piperidine rings is 1. The zero-order valence-electron chi connectivity index (χ0n) is 20.6. The van der Waals surface area contributed by atoms with Crippen LogP contribution in [-0.2, 0) is 10.0 Å². The molecule has 14 heteroatoms. The highest BCUT2D eigenvalue weighted by atomic mass is 32.2. The van der Waals surface area contributed by atoms with Crippen molar-refractivity contribution in [2.45, 2.75) is 23.8 Å².